The number of rotatable bonds is 6. The number of carbonyl (C=O) groups is 2. The average molecular weight is 335 g/mol. The summed E-state index contributed by atoms with van der Waals surface area (Å²) in [6.07, 6.45) is 5.36. The van der Waals surface area contributed by atoms with Gasteiger partial charge in [-0.05, 0) is 44.1 Å². The zero-order valence-corrected chi connectivity index (χ0v) is 14.7. The Bertz CT molecular complexity index is 550. The lowest BCUT2D eigenvalue weighted by Gasteiger charge is -2.33. The summed E-state index contributed by atoms with van der Waals surface area (Å²) in [5, 5.41) is 3.68. The highest BCUT2D eigenvalue weighted by molar-refractivity contribution is 7.99. The fourth-order valence-electron chi connectivity index (χ4n) is 2.77. The number of piperidine rings is 1. The van der Waals surface area contributed by atoms with Crippen LogP contribution in [0.4, 0.5) is 0 Å². The lowest BCUT2D eigenvalue weighted by atomic mass is 10.0. The van der Waals surface area contributed by atoms with E-state index in [-0.39, 0.29) is 11.8 Å². The van der Waals surface area contributed by atoms with Gasteiger partial charge in [0.25, 0.3) is 5.91 Å². The van der Waals surface area contributed by atoms with Crippen LogP contribution in [0.5, 0.6) is 0 Å². The number of carbonyl (C=O) groups excluding carboxylic acids is 2. The number of hydrogen-bond acceptors (Lipinski definition) is 4. The van der Waals surface area contributed by atoms with Crippen LogP contribution in [0, 0.1) is 0 Å². The molecule has 0 saturated carbocycles. The quantitative estimate of drug-likeness (QED) is 0.812. The van der Waals surface area contributed by atoms with Gasteiger partial charge in [-0.25, -0.2) is 4.98 Å². The van der Waals surface area contributed by atoms with Crippen LogP contribution >= 0.6 is 11.8 Å². The largest absolute Gasteiger partial charge is 0.352 e. The third kappa shape index (κ3) is 5.23. The molecule has 1 aromatic rings. The molecule has 2 amide bonds. The Morgan fingerprint density at radius 1 is 1.43 bits per heavy atom. The zero-order chi connectivity index (χ0) is 16.7. The normalized spacial score (nSPS) is 17.8. The van der Waals surface area contributed by atoms with Gasteiger partial charge >= 0.3 is 0 Å². The molecule has 1 aliphatic heterocycles. The van der Waals surface area contributed by atoms with Gasteiger partial charge in [0, 0.05) is 37.3 Å². The van der Waals surface area contributed by atoms with E-state index in [0.717, 1.165) is 30.2 Å². The molecule has 23 heavy (non-hydrogen) atoms. The molecule has 0 aliphatic carbocycles. The molecule has 0 unspecified atom stereocenters. The standard InChI is InChI=1S/C17H25N3O2S/c1-3-23-15-12-14(7-9-18-15)17(22)19-10-8-16(21)20-11-5-4-6-13(20)2/h7,9,12-13H,3-6,8,10-11H2,1-2H3,(H,19,22)/t13-/m0/s1. The summed E-state index contributed by atoms with van der Waals surface area (Å²) in [7, 11) is 0. The fraction of sp³-hybridized carbons (Fsp3) is 0.588. The molecular weight excluding hydrogens is 310 g/mol. The maximum Gasteiger partial charge on any atom is 0.251 e. The van der Waals surface area contributed by atoms with Gasteiger partial charge in [-0.1, -0.05) is 6.92 Å². The molecule has 0 spiro atoms. The first-order chi connectivity index (χ1) is 11.1. The molecule has 1 saturated heterocycles. The van der Waals surface area contributed by atoms with E-state index >= 15 is 0 Å². The number of amides is 2. The monoisotopic (exact) mass is 335 g/mol. The van der Waals surface area contributed by atoms with Crippen LogP contribution in [-0.2, 0) is 4.79 Å². The average Bonchev–Trinajstić information content (AvgIpc) is 2.55. The molecular formula is C17H25N3O2S. The lowest BCUT2D eigenvalue weighted by Crippen LogP contribution is -2.43. The molecule has 0 radical (unpaired) electrons. The van der Waals surface area contributed by atoms with E-state index in [4.69, 9.17) is 0 Å². The minimum Gasteiger partial charge on any atom is -0.352 e. The summed E-state index contributed by atoms with van der Waals surface area (Å²) in [5.74, 6) is 0.903. The van der Waals surface area contributed by atoms with Crippen LogP contribution in [0.2, 0.25) is 0 Å². The SMILES string of the molecule is CCSc1cc(C(=O)NCCC(=O)N2CCCC[C@@H]2C)ccn1. The van der Waals surface area contributed by atoms with Gasteiger partial charge in [0.15, 0.2) is 0 Å². The second-order valence-electron chi connectivity index (χ2n) is 5.75. The summed E-state index contributed by atoms with van der Waals surface area (Å²) in [5.41, 5.74) is 0.592. The number of hydrogen-bond donors (Lipinski definition) is 1. The van der Waals surface area contributed by atoms with Crippen LogP contribution < -0.4 is 5.32 Å². The molecule has 2 rings (SSSR count). The molecule has 6 heteroatoms. The van der Waals surface area contributed by atoms with Crippen molar-refractivity contribution in [3.63, 3.8) is 0 Å². The zero-order valence-electron chi connectivity index (χ0n) is 13.9. The fourth-order valence-corrected chi connectivity index (χ4v) is 3.42. The summed E-state index contributed by atoms with van der Waals surface area (Å²) in [4.78, 5) is 30.5. The summed E-state index contributed by atoms with van der Waals surface area (Å²) in [6, 6.07) is 3.81. The molecule has 1 atom stereocenters. The number of nitrogens with one attached hydrogen (secondary N) is 1. The van der Waals surface area contributed by atoms with Crippen LogP contribution in [0.3, 0.4) is 0 Å². The van der Waals surface area contributed by atoms with E-state index in [0.29, 0.717) is 24.6 Å². The van der Waals surface area contributed by atoms with Crippen molar-refractivity contribution in [2.45, 2.75) is 50.6 Å². The topological polar surface area (TPSA) is 62.3 Å². The van der Waals surface area contributed by atoms with Crippen molar-refractivity contribution in [2.75, 3.05) is 18.8 Å². The number of aromatic nitrogens is 1. The Hall–Kier alpha value is -1.56. The van der Waals surface area contributed by atoms with E-state index in [9.17, 15) is 9.59 Å². The smallest absolute Gasteiger partial charge is 0.251 e. The van der Waals surface area contributed by atoms with Crippen LogP contribution in [0.25, 0.3) is 0 Å². The second-order valence-corrected chi connectivity index (χ2v) is 7.04. The van der Waals surface area contributed by atoms with Crippen molar-refractivity contribution in [3.05, 3.63) is 23.9 Å². The first-order valence-corrected chi connectivity index (χ1v) is 9.27. The van der Waals surface area contributed by atoms with Crippen molar-refractivity contribution >= 4 is 23.6 Å². The maximum absolute atomic E-state index is 12.2. The summed E-state index contributed by atoms with van der Waals surface area (Å²) < 4.78 is 0. The molecule has 1 N–H and O–H groups in total. The van der Waals surface area contributed by atoms with Gasteiger partial charge in [-0.2, -0.15) is 0 Å². The van der Waals surface area contributed by atoms with Gasteiger partial charge in [0.2, 0.25) is 5.91 Å². The molecule has 0 bridgehead atoms. The number of pyridine rings is 1. The molecule has 5 nitrogen and oxygen atoms in total. The molecule has 1 aliphatic rings. The summed E-state index contributed by atoms with van der Waals surface area (Å²) in [6.45, 7) is 5.36. The van der Waals surface area contributed by atoms with Gasteiger partial charge < -0.3 is 10.2 Å². The Balaban J connectivity index is 1.80. The van der Waals surface area contributed by atoms with Crippen LogP contribution in [-0.4, -0.2) is 46.6 Å². The Kier molecular flexibility index (Phi) is 6.89. The first kappa shape index (κ1) is 17.8. The van der Waals surface area contributed by atoms with Crippen molar-refractivity contribution in [2.24, 2.45) is 0 Å². The number of thioether (sulfide) groups is 1. The second kappa shape index (κ2) is 8.91. The van der Waals surface area contributed by atoms with Gasteiger partial charge in [0.1, 0.15) is 0 Å². The lowest BCUT2D eigenvalue weighted by molar-refractivity contribution is -0.134. The predicted molar refractivity (Wildman–Crippen MR) is 92.6 cm³/mol. The highest BCUT2D eigenvalue weighted by atomic mass is 32.2. The highest BCUT2D eigenvalue weighted by Crippen LogP contribution is 2.17. The summed E-state index contributed by atoms with van der Waals surface area (Å²) >= 11 is 1.60. The third-order valence-electron chi connectivity index (χ3n) is 4.04. The molecule has 126 valence electrons. The van der Waals surface area contributed by atoms with E-state index < -0.39 is 0 Å². The maximum atomic E-state index is 12.2. The van der Waals surface area contributed by atoms with E-state index in [1.54, 1.807) is 30.1 Å². The van der Waals surface area contributed by atoms with Crippen molar-refractivity contribution in [3.8, 4) is 0 Å². The number of nitrogens with zero attached hydrogens (tertiary/aromatic N) is 2. The van der Waals surface area contributed by atoms with E-state index in [1.165, 1.54) is 6.42 Å². The molecule has 0 aromatic carbocycles. The molecule has 1 fully saturated rings. The predicted octanol–water partition coefficient (Wildman–Crippen LogP) is 2.71. The van der Waals surface area contributed by atoms with Crippen LogP contribution in [0.1, 0.15) is 49.9 Å². The minimum absolute atomic E-state index is 0.134. The van der Waals surface area contributed by atoms with Crippen molar-refractivity contribution in [1.29, 1.82) is 0 Å². The number of likely N-dealkylation sites (tertiary alicyclic amines) is 1. The van der Waals surface area contributed by atoms with E-state index in [2.05, 4.69) is 17.2 Å². The molecule has 2 heterocycles. The minimum atomic E-state index is -0.148. The Morgan fingerprint density at radius 2 is 2.26 bits per heavy atom. The van der Waals surface area contributed by atoms with Crippen LogP contribution in [0.15, 0.2) is 23.4 Å². The van der Waals surface area contributed by atoms with Crippen molar-refractivity contribution in [1.82, 2.24) is 15.2 Å². The molecule has 1 aromatic heterocycles. The first-order valence-electron chi connectivity index (χ1n) is 8.28. The highest BCUT2D eigenvalue weighted by Gasteiger charge is 2.22. The third-order valence-corrected chi connectivity index (χ3v) is 4.84. The van der Waals surface area contributed by atoms with Crippen molar-refractivity contribution < 1.29 is 9.59 Å². The van der Waals surface area contributed by atoms with Gasteiger partial charge in [-0.15, -0.1) is 11.8 Å². The Morgan fingerprint density at radius 3 is 3.00 bits per heavy atom. The van der Waals surface area contributed by atoms with Gasteiger partial charge in [0.05, 0.1) is 5.03 Å². The van der Waals surface area contributed by atoms with E-state index in [1.807, 2.05) is 11.8 Å². The van der Waals surface area contributed by atoms with Gasteiger partial charge in [-0.3, -0.25) is 9.59 Å². The Labute approximate surface area is 142 Å².